The fourth-order valence-corrected chi connectivity index (χ4v) is 2.22. The summed E-state index contributed by atoms with van der Waals surface area (Å²) in [5, 5.41) is 11.6. The molecule has 2 N–H and O–H groups in total. The number of nitrogens with zero attached hydrogens (tertiary/aromatic N) is 4. The molecule has 2 aromatic heterocycles. The van der Waals surface area contributed by atoms with Crippen molar-refractivity contribution in [2.45, 2.75) is 48.5 Å². The molecule has 142 valence electrons. The van der Waals surface area contributed by atoms with Gasteiger partial charge in [0.05, 0.1) is 16.0 Å². The molecule has 0 unspecified atom stereocenters. The first kappa shape index (κ1) is 23.0. The largest absolute Gasteiger partial charge is 0.383 e. The van der Waals surface area contributed by atoms with Crippen LogP contribution in [0.25, 0.3) is 16.7 Å². The maximum atomic E-state index is 10.9. The van der Waals surface area contributed by atoms with Gasteiger partial charge in [-0.05, 0) is 18.6 Å². The zero-order valence-corrected chi connectivity index (χ0v) is 16.6. The topological polar surface area (TPSA) is 99.9 Å². The molecule has 0 spiro atoms. The van der Waals surface area contributed by atoms with Crippen molar-refractivity contribution in [2.75, 3.05) is 5.73 Å². The molecule has 3 rings (SSSR count). The third-order valence-electron chi connectivity index (χ3n) is 3.12. The van der Waals surface area contributed by atoms with E-state index in [-0.39, 0.29) is 5.69 Å². The summed E-state index contributed by atoms with van der Waals surface area (Å²) >= 11 is 0. The molecule has 0 radical (unpaired) electrons. The minimum Gasteiger partial charge on any atom is -0.383 e. The standard InChI is InChI=1S/C13H11N5O2.3C2H6/c1-8-6-17(13-11(8)12(14)15-7-16-13)9-3-2-4-10(5-9)18(19)20;3*1-2/h2-7H,1H3,(H2,14,15,16);3*1-2H3. The fraction of sp³-hybridized carbons (Fsp3) is 0.368. The summed E-state index contributed by atoms with van der Waals surface area (Å²) in [6, 6.07) is 6.37. The van der Waals surface area contributed by atoms with Crippen molar-refractivity contribution in [3.63, 3.8) is 0 Å². The van der Waals surface area contributed by atoms with E-state index in [1.54, 1.807) is 16.7 Å². The summed E-state index contributed by atoms with van der Waals surface area (Å²) in [5.74, 6) is 0.400. The highest BCUT2D eigenvalue weighted by atomic mass is 16.6. The molecule has 1 aromatic carbocycles. The second-order valence-electron chi connectivity index (χ2n) is 4.42. The van der Waals surface area contributed by atoms with Crippen LogP contribution in [-0.4, -0.2) is 19.5 Å². The maximum absolute atomic E-state index is 10.9. The normalized spacial score (nSPS) is 9.04. The van der Waals surface area contributed by atoms with E-state index in [2.05, 4.69) is 9.97 Å². The van der Waals surface area contributed by atoms with Crippen LogP contribution in [0.2, 0.25) is 0 Å². The van der Waals surface area contributed by atoms with Crippen LogP contribution >= 0.6 is 0 Å². The highest BCUT2D eigenvalue weighted by molar-refractivity contribution is 5.90. The van der Waals surface area contributed by atoms with Gasteiger partial charge in [0.25, 0.3) is 5.69 Å². The number of nitro groups is 1. The van der Waals surface area contributed by atoms with E-state index in [4.69, 9.17) is 5.73 Å². The van der Waals surface area contributed by atoms with Crippen LogP contribution in [0, 0.1) is 17.0 Å². The maximum Gasteiger partial charge on any atom is 0.271 e. The minimum atomic E-state index is -0.425. The van der Waals surface area contributed by atoms with E-state index in [1.807, 2.05) is 54.7 Å². The van der Waals surface area contributed by atoms with Gasteiger partial charge >= 0.3 is 0 Å². The van der Waals surface area contributed by atoms with Crippen LogP contribution in [0.15, 0.2) is 36.8 Å². The Balaban J connectivity index is 0.000000948. The Morgan fingerprint density at radius 3 is 2.27 bits per heavy atom. The molecule has 0 aliphatic carbocycles. The van der Waals surface area contributed by atoms with Gasteiger partial charge in [0.15, 0.2) is 0 Å². The Morgan fingerprint density at radius 2 is 1.69 bits per heavy atom. The van der Waals surface area contributed by atoms with Crippen molar-refractivity contribution in [1.82, 2.24) is 14.5 Å². The number of benzene rings is 1. The molecular weight excluding hydrogens is 330 g/mol. The van der Waals surface area contributed by atoms with E-state index >= 15 is 0 Å². The average molecular weight is 359 g/mol. The highest BCUT2D eigenvalue weighted by Gasteiger charge is 2.13. The van der Waals surface area contributed by atoms with Gasteiger partial charge in [0.1, 0.15) is 17.8 Å². The lowest BCUT2D eigenvalue weighted by Gasteiger charge is -2.04. The van der Waals surface area contributed by atoms with E-state index in [9.17, 15) is 10.1 Å². The molecule has 0 aliphatic heterocycles. The number of aryl methyl sites for hydroxylation is 1. The fourth-order valence-electron chi connectivity index (χ4n) is 2.22. The van der Waals surface area contributed by atoms with Gasteiger partial charge < -0.3 is 10.3 Å². The Kier molecular flexibility index (Phi) is 10.3. The molecule has 7 heteroatoms. The summed E-state index contributed by atoms with van der Waals surface area (Å²) in [6.45, 7) is 13.9. The predicted molar refractivity (Wildman–Crippen MR) is 109 cm³/mol. The highest BCUT2D eigenvalue weighted by Crippen LogP contribution is 2.27. The first-order valence-electron chi connectivity index (χ1n) is 8.91. The molecular formula is C19H29N5O2. The predicted octanol–water partition coefficient (Wildman–Crippen LogP) is 5.30. The lowest BCUT2D eigenvalue weighted by atomic mass is 10.2. The second-order valence-corrected chi connectivity index (χ2v) is 4.42. The molecule has 0 amide bonds. The summed E-state index contributed by atoms with van der Waals surface area (Å²) in [7, 11) is 0. The Labute approximate surface area is 155 Å². The van der Waals surface area contributed by atoms with Gasteiger partial charge in [0, 0.05) is 18.3 Å². The van der Waals surface area contributed by atoms with Crippen LogP contribution in [0.1, 0.15) is 47.1 Å². The van der Waals surface area contributed by atoms with Gasteiger partial charge in [0.2, 0.25) is 0 Å². The van der Waals surface area contributed by atoms with Crippen LogP contribution < -0.4 is 5.73 Å². The van der Waals surface area contributed by atoms with Crippen LogP contribution in [-0.2, 0) is 0 Å². The number of nitrogens with two attached hydrogens (primary N) is 1. The molecule has 0 fully saturated rings. The summed E-state index contributed by atoms with van der Waals surface area (Å²) in [4.78, 5) is 18.6. The van der Waals surface area contributed by atoms with E-state index < -0.39 is 4.92 Å². The number of non-ortho nitro benzene ring substituents is 1. The smallest absolute Gasteiger partial charge is 0.271 e. The van der Waals surface area contributed by atoms with Crippen molar-refractivity contribution in [3.05, 3.63) is 52.5 Å². The van der Waals surface area contributed by atoms with Gasteiger partial charge in [-0.2, -0.15) is 0 Å². The number of hydrogen-bond donors (Lipinski definition) is 1. The summed E-state index contributed by atoms with van der Waals surface area (Å²) in [5.41, 5.74) is 8.10. The van der Waals surface area contributed by atoms with Gasteiger partial charge in [-0.3, -0.25) is 10.1 Å². The molecule has 0 bridgehead atoms. The SMILES string of the molecule is CC.CC.CC.Cc1cn(-c2cccc([N+](=O)[O-])c2)c2ncnc(N)c12. The molecule has 7 nitrogen and oxygen atoms in total. The monoisotopic (exact) mass is 359 g/mol. The second kappa shape index (κ2) is 11.6. The molecule has 2 heterocycles. The molecule has 3 aromatic rings. The molecule has 0 atom stereocenters. The van der Waals surface area contributed by atoms with E-state index in [1.165, 1.54) is 18.5 Å². The number of rotatable bonds is 2. The van der Waals surface area contributed by atoms with E-state index in [0.29, 0.717) is 17.2 Å². The van der Waals surface area contributed by atoms with Crippen LogP contribution in [0.4, 0.5) is 11.5 Å². The van der Waals surface area contributed by atoms with Crippen molar-refractivity contribution in [1.29, 1.82) is 0 Å². The lowest BCUT2D eigenvalue weighted by Crippen LogP contribution is -1.97. The molecule has 0 saturated heterocycles. The first-order valence-corrected chi connectivity index (χ1v) is 8.91. The van der Waals surface area contributed by atoms with Gasteiger partial charge in [-0.15, -0.1) is 0 Å². The molecule has 0 aliphatic rings. The van der Waals surface area contributed by atoms with Crippen LogP contribution in [0.5, 0.6) is 0 Å². The van der Waals surface area contributed by atoms with Gasteiger partial charge in [-0.25, -0.2) is 9.97 Å². The number of aromatic nitrogens is 3. The summed E-state index contributed by atoms with van der Waals surface area (Å²) in [6.07, 6.45) is 3.22. The molecule has 26 heavy (non-hydrogen) atoms. The third kappa shape index (κ3) is 5.02. The number of anilines is 1. The number of fused-ring (bicyclic) bond motifs is 1. The van der Waals surface area contributed by atoms with E-state index in [0.717, 1.165) is 10.9 Å². The lowest BCUT2D eigenvalue weighted by molar-refractivity contribution is -0.384. The number of hydrogen-bond acceptors (Lipinski definition) is 5. The average Bonchev–Trinajstić information content (AvgIpc) is 3.05. The number of nitrogen functional groups attached to an aromatic ring is 1. The quantitative estimate of drug-likeness (QED) is 0.494. The van der Waals surface area contributed by atoms with Crippen molar-refractivity contribution < 1.29 is 4.92 Å². The third-order valence-corrected chi connectivity index (χ3v) is 3.12. The Bertz CT molecular complexity index is 828. The minimum absolute atomic E-state index is 0.0315. The first-order chi connectivity index (χ1) is 12.6. The van der Waals surface area contributed by atoms with Crippen molar-refractivity contribution in [2.24, 2.45) is 0 Å². The van der Waals surface area contributed by atoms with Crippen LogP contribution in [0.3, 0.4) is 0 Å². The van der Waals surface area contributed by atoms with Crippen molar-refractivity contribution in [3.8, 4) is 5.69 Å². The summed E-state index contributed by atoms with van der Waals surface area (Å²) < 4.78 is 1.77. The van der Waals surface area contributed by atoms with Crippen molar-refractivity contribution >= 4 is 22.5 Å². The zero-order chi connectivity index (χ0) is 20.3. The molecule has 0 saturated carbocycles. The zero-order valence-electron chi connectivity index (χ0n) is 16.6. The number of nitro benzene ring substituents is 1. The Morgan fingerprint density at radius 1 is 1.08 bits per heavy atom. The van der Waals surface area contributed by atoms with Gasteiger partial charge in [-0.1, -0.05) is 47.6 Å². The Hall–Kier alpha value is -2.96.